The molecule has 27 heavy (non-hydrogen) atoms. The van der Waals surface area contributed by atoms with Crippen LogP contribution in [0.3, 0.4) is 0 Å². The van der Waals surface area contributed by atoms with Crippen molar-refractivity contribution >= 4 is 5.91 Å². The lowest BCUT2D eigenvalue weighted by atomic mass is 10.1. The Morgan fingerprint density at radius 3 is 2.74 bits per heavy atom. The maximum atomic E-state index is 13.2. The Balaban J connectivity index is 1.68. The van der Waals surface area contributed by atoms with Gasteiger partial charge < -0.3 is 14.2 Å². The third kappa shape index (κ3) is 4.90. The molecule has 1 aliphatic rings. The molecule has 0 aliphatic carbocycles. The number of hydrogen-bond acceptors (Lipinski definition) is 7. The van der Waals surface area contributed by atoms with E-state index in [0.717, 1.165) is 18.7 Å². The van der Waals surface area contributed by atoms with Crippen molar-refractivity contribution in [2.24, 2.45) is 0 Å². The zero-order valence-electron chi connectivity index (χ0n) is 16.2. The third-order valence-electron chi connectivity index (χ3n) is 4.67. The van der Waals surface area contributed by atoms with Gasteiger partial charge in [-0.25, -0.2) is 0 Å². The second-order valence-electron chi connectivity index (χ2n) is 7.05. The summed E-state index contributed by atoms with van der Waals surface area (Å²) in [6, 6.07) is 3.46. The van der Waals surface area contributed by atoms with E-state index in [1.165, 1.54) is 0 Å². The molecular formula is C19H27N5O3. The van der Waals surface area contributed by atoms with E-state index in [4.69, 9.17) is 9.26 Å². The fourth-order valence-corrected chi connectivity index (χ4v) is 3.07. The van der Waals surface area contributed by atoms with Crippen LogP contribution in [0.5, 0.6) is 0 Å². The predicted molar refractivity (Wildman–Crippen MR) is 99.1 cm³/mol. The maximum Gasteiger partial charge on any atom is 0.244 e. The monoisotopic (exact) mass is 373 g/mol. The summed E-state index contributed by atoms with van der Waals surface area (Å²) in [5.41, 5.74) is 0.901. The molecule has 8 nitrogen and oxygen atoms in total. The first-order chi connectivity index (χ1) is 13.1. The molecule has 0 radical (unpaired) electrons. The van der Waals surface area contributed by atoms with E-state index in [9.17, 15) is 4.79 Å². The van der Waals surface area contributed by atoms with E-state index >= 15 is 0 Å². The van der Waals surface area contributed by atoms with Crippen molar-refractivity contribution < 1.29 is 14.1 Å². The number of aromatic nitrogens is 3. The maximum absolute atomic E-state index is 13.2. The van der Waals surface area contributed by atoms with Crippen molar-refractivity contribution in [1.82, 2.24) is 24.9 Å². The smallest absolute Gasteiger partial charge is 0.244 e. The average Bonchev–Trinajstić information content (AvgIpc) is 3.17. The average molecular weight is 373 g/mol. The number of nitrogens with zero attached hydrogens (tertiary/aromatic N) is 5. The van der Waals surface area contributed by atoms with E-state index < -0.39 is 0 Å². The van der Waals surface area contributed by atoms with Crippen molar-refractivity contribution in [3.8, 4) is 0 Å². The van der Waals surface area contributed by atoms with Gasteiger partial charge in [0.15, 0.2) is 5.82 Å². The summed E-state index contributed by atoms with van der Waals surface area (Å²) in [6.07, 6.45) is 4.04. The molecule has 0 N–H and O–H groups in total. The van der Waals surface area contributed by atoms with Gasteiger partial charge in [-0.1, -0.05) is 25.1 Å². The first-order valence-corrected chi connectivity index (χ1v) is 9.35. The van der Waals surface area contributed by atoms with Crippen molar-refractivity contribution in [3.05, 3.63) is 41.8 Å². The summed E-state index contributed by atoms with van der Waals surface area (Å²) in [7, 11) is 1.82. The molecule has 0 spiro atoms. The molecular weight excluding hydrogens is 346 g/mol. The van der Waals surface area contributed by atoms with Crippen LogP contribution >= 0.6 is 0 Å². The lowest BCUT2D eigenvalue weighted by Gasteiger charge is -2.35. The first-order valence-electron chi connectivity index (χ1n) is 9.35. The SMILES string of the molecule is CC(C)c1nc(CCN(C)C(=O)[C@@H](c2cccnc2)N2CCOCC2)no1. The van der Waals surface area contributed by atoms with E-state index in [-0.39, 0.29) is 17.9 Å². The minimum atomic E-state index is -0.357. The van der Waals surface area contributed by atoms with Crippen LogP contribution in [-0.4, -0.2) is 70.7 Å². The molecule has 146 valence electrons. The molecule has 2 aromatic rings. The fourth-order valence-electron chi connectivity index (χ4n) is 3.07. The molecule has 0 unspecified atom stereocenters. The molecule has 0 bridgehead atoms. The zero-order chi connectivity index (χ0) is 19.2. The van der Waals surface area contributed by atoms with Crippen molar-refractivity contribution in [3.63, 3.8) is 0 Å². The second kappa shape index (κ2) is 9.05. The third-order valence-corrected chi connectivity index (χ3v) is 4.67. The molecule has 3 rings (SSSR count). The summed E-state index contributed by atoms with van der Waals surface area (Å²) in [4.78, 5) is 25.7. The van der Waals surface area contributed by atoms with Gasteiger partial charge in [-0.2, -0.15) is 4.98 Å². The summed E-state index contributed by atoms with van der Waals surface area (Å²) < 4.78 is 10.7. The van der Waals surface area contributed by atoms with Crippen molar-refractivity contribution in [2.75, 3.05) is 39.9 Å². The number of pyridine rings is 1. The zero-order valence-corrected chi connectivity index (χ0v) is 16.2. The van der Waals surface area contributed by atoms with Gasteiger partial charge >= 0.3 is 0 Å². The molecule has 2 aromatic heterocycles. The van der Waals surface area contributed by atoms with Crippen LogP contribution in [0, 0.1) is 0 Å². The van der Waals surface area contributed by atoms with Gasteiger partial charge in [0.05, 0.1) is 13.2 Å². The van der Waals surface area contributed by atoms with Gasteiger partial charge in [0, 0.05) is 51.4 Å². The molecule has 3 heterocycles. The highest BCUT2D eigenvalue weighted by atomic mass is 16.5. The highest BCUT2D eigenvalue weighted by Crippen LogP contribution is 2.23. The molecule has 1 amide bonds. The summed E-state index contributed by atoms with van der Waals surface area (Å²) >= 11 is 0. The number of carbonyl (C=O) groups is 1. The van der Waals surface area contributed by atoms with Crippen LogP contribution in [-0.2, 0) is 16.0 Å². The number of morpholine rings is 1. The van der Waals surface area contributed by atoms with Crippen LogP contribution in [0.1, 0.15) is 43.1 Å². The van der Waals surface area contributed by atoms with Gasteiger partial charge in [-0.15, -0.1) is 0 Å². The van der Waals surface area contributed by atoms with Gasteiger partial charge in [0.25, 0.3) is 0 Å². The highest BCUT2D eigenvalue weighted by molar-refractivity contribution is 5.83. The molecule has 0 saturated carbocycles. The van der Waals surface area contributed by atoms with Crippen LogP contribution in [0.25, 0.3) is 0 Å². The molecule has 1 saturated heterocycles. The summed E-state index contributed by atoms with van der Waals surface area (Å²) in [6.45, 7) is 7.26. The minimum Gasteiger partial charge on any atom is -0.379 e. The number of carbonyl (C=O) groups excluding carboxylic acids is 1. The Kier molecular flexibility index (Phi) is 6.52. The van der Waals surface area contributed by atoms with Crippen molar-refractivity contribution in [2.45, 2.75) is 32.2 Å². The largest absolute Gasteiger partial charge is 0.379 e. The number of likely N-dealkylation sites (N-methyl/N-ethyl adjacent to an activating group) is 1. The van der Waals surface area contributed by atoms with E-state index in [0.29, 0.717) is 37.9 Å². The van der Waals surface area contributed by atoms with E-state index in [1.807, 2.05) is 33.0 Å². The number of amides is 1. The van der Waals surface area contributed by atoms with E-state index in [1.54, 1.807) is 17.3 Å². The van der Waals surface area contributed by atoms with Gasteiger partial charge in [-0.05, 0) is 11.6 Å². The lowest BCUT2D eigenvalue weighted by molar-refractivity contribution is -0.137. The fraction of sp³-hybridized carbons (Fsp3) is 0.579. The molecule has 0 aromatic carbocycles. The standard InChI is InChI=1S/C19H27N5O3/c1-14(2)18-21-16(22-27-18)6-8-23(3)19(25)17(15-5-4-7-20-13-15)24-9-11-26-12-10-24/h4-5,7,13-14,17H,6,8-12H2,1-3H3/t17-/m1/s1. The van der Waals surface area contributed by atoms with Crippen LogP contribution in [0.15, 0.2) is 29.0 Å². The Labute approximate surface area is 159 Å². The van der Waals surface area contributed by atoms with Crippen molar-refractivity contribution in [1.29, 1.82) is 0 Å². The molecule has 1 aliphatic heterocycles. The Morgan fingerprint density at radius 1 is 1.33 bits per heavy atom. The van der Waals surface area contributed by atoms with E-state index in [2.05, 4.69) is 20.0 Å². The second-order valence-corrected chi connectivity index (χ2v) is 7.05. The molecule has 8 heteroatoms. The number of hydrogen-bond donors (Lipinski definition) is 0. The minimum absolute atomic E-state index is 0.0393. The van der Waals surface area contributed by atoms with Gasteiger partial charge in [0.2, 0.25) is 11.8 Å². The lowest BCUT2D eigenvalue weighted by Crippen LogP contribution is -2.46. The number of ether oxygens (including phenoxy) is 1. The molecule has 1 fully saturated rings. The molecule has 1 atom stereocenters. The van der Waals surface area contributed by atoms with Gasteiger partial charge in [0.1, 0.15) is 6.04 Å². The number of rotatable bonds is 7. The topological polar surface area (TPSA) is 84.6 Å². The Bertz CT molecular complexity index is 728. The van der Waals surface area contributed by atoms with Crippen LogP contribution < -0.4 is 0 Å². The predicted octanol–water partition coefficient (Wildman–Crippen LogP) is 1.66. The Morgan fingerprint density at radius 2 is 2.11 bits per heavy atom. The summed E-state index contributed by atoms with van der Waals surface area (Å²) in [5, 5.41) is 4.00. The quantitative estimate of drug-likeness (QED) is 0.730. The highest BCUT2D eigenvalue weighted by Gasteiger charge is 2.31. The van der Waals surface area contributed by atoms with Crippen LogP contribution in [0.2, 0.25) is 0 Å². The summed E-state index contributed by atoms with van der Waals surface area (Å²) in [5.74, 6) is 1.49. The Hall–Kier alpha value is -2.32. The van der Waals surface area contributed by atoms with Crippen LogP contribution in [0.4, 0.5) is 0 Å². The normalized spacial score (nSPS) is 16.4. The first kappa shape index (κ1) is 19.4. The van der Waals surface area contributed by atoms with Gasteiger partial charge in [-0.3, -0.25) is 14.7 Å².